The highest BCUT2D eigenvalue weighted by molar-refractivity contribution is 7.99. The highest BCUT2D eigenvalue weighted by Gasteiger charge is 2.28. The predicted molar refractivity (Wildman–Crippen MR) is 89.3 cm³/mol. The Bertz CT molecular complexity index is 567. The first-order valence-corrected chi connectivity index (χ1v) is 10.1. The van der Waals surface area contributed by atoms with Gasteiger partial charge in [0.25, 0.3) is 0 Å². The molecule has 1 aliphatic heterocycles. The summed E-state index contributed by atoms with van der Waals surface area (Å²) in [6.45, 7) is 6.87. The molecule has 0 aromatic heterocycles. The van der Waals surface area contributed by atoms with Crippen LogP contribution in [0.25, 0.3) is 0 Å². The summed E-state index contributed by atoms with van der Waals surface area (Å²) >= 11 is 1.82. The van der Waals surface area contributed by atoms with Crippen LogP contribution in [0.1, 0.15) is 25.0 Å². The minimum absolute atomic E-state index is 0.493. The number of aryl methyl sites for hydroxylation is 1. The van der Waals surface area contributed by atoms with Crippen LogP contribution in [0.5, 0.6) is 0 Å². The zero-order valence-electron chi connectivity index (χ0n) is 12.8. The first-order chi connectivity index (χ1) is 10.1. The van der Waals surface area contributed by atoms with Gasteiger partial charge >= 0.3 is 0 Å². The van der Waals surface area contributed by atoms with Gasteiger partial charge in [-0.1, -0.05) is 26.0 Å². The van der Waals surface area contributed by atoms with Gasteiger partial charge in [-0.25, -0.2) is 8.42 Å². The smallest absolute Gasteiger partial charge is 0.243 e. The summed E-state index contributed by atoms with van der Waals surface area (Å²) in [4.78, 5) is 0.493. The number of sulfonamides is 1. The molecule has 6 heteroatoms. The average Bonchev–Trinajstić information content (AvgIpc) is 2.53. The predicted octanol–water partition coefficient (Wildman–Crippen LogP) is 2.10. The summed E-state index contributed by atoms with van der Waals surface area (Å²) in [6.07, 6.45) is 0.735. The van der Waals surface area contributed by atoms with Gasteiger partial charge in [-0.15, -0.1) is 0 Å². The maximum Gasteiger partial charge on any atom is 0.243 e. The topological polar surface area (TPSA) is 49.4 Å². The maximum atomic E-state index is 12.9. The average molecular weight is 329 g/mol. The highest BCUT2D eigenvalue weighted by Crippen LogP contribution is 2.25. The molecular weight excluding hydrogens is 304 g/mol. The molecule has 1 aliphatic rings. The fourth-order valence-electron chi connectivity index (χ4n) is 2.44. The largest absolute Gasteiger partial charge is 0.313 e. The zero-order valence-corrected chi connectivity index (χ0v) is 14.4. The van der Waals surface area contributed by atoms with E-state index in [2.05, 4.69) is 5.32 Å². The molecule has 0 spiro atoms. The summed E-state index contributed by atoms with van der Waals surface area (Å²) < 4.78 is 27.4. The van der Waals surface area contributed by atoms with Crippen molar-refractivity contribution in [2.75, 3.05) is 31.1 Å². The van der Waals surface area contributed by atoms with E-state index in [1.54, 1.807) is 4.31 Å². The molecule has 0 atom stereocenters. The second-order valence-corrected chi connectivity index (χ2v) is 8.22. The number of benzene rings is 1. The molecule has 4 nitrogen and oxygen atoms in total. The summed E-state index contributed by atoms with van der Waals surface area (Å²) in [5.41, 5.74) is 1.94. The molecule has 1 aromatic carbocycles. The molecule has 0 saturated carbocycles. The number of hydrogen-bond acceptors (Lipinski definition) is 4. The Hall–Kier alpha value is -0.560. The van der Waals surface area contributed by atoms with Crippen LogP contribution in [0.3, 0.4) is 0 Å². The molecule has 0 aliphatic carbocycles. The molecule has 1 N–H and O–H groups in total. The van der Waals surface area contributed by atoms with Gasteiger partial charge in [0.05, 0.1) is 4.90 Å². The number of rotatable bonds is 6. The molecule has 2 rings (SSSR count). The first-order valence-electron chi connectivity index (χ1n) is 7.50. The molecule has 0 unspecified atom stereocenters. The van der Waals surface area contributed by atoms with Crippen molar-refractivity contribution in [2.24, 2.45) is 0 Å². The molecule has 118 valence electrons. The third kappa shape index (κ3) is 4.00. The first kappa shape index (κ1) is 16.8. The van der Waals surface area contributed by atoms with Crippen LogP contribution in [0, 0.1) is 0 Å². The van der Waals surface area contributed by atoms with Gasteiger partial charge in [-0.05, 0) is 30.2 Å². The lowest BCUT2D eigenvalue weighted by Crippen LogP contribution is -2.38. The Kier molecular flexibility index (Phi) is 6.10. The Morgan fingerprint density at radius 1 is 1.24 bits per heavy atom. The van der Waals surface area contributed by atoms with Gasteiger partial charge in [0.1, 0.15) is 0 Å². The van der Waals surface area contributed by atoms with Crippen molar-refractivity contribution in [3.8, 4) is 0 Å². The van der Waals surface area contributed by atoms with E-state index < -0.39 is 10.0 Å². The molecule has 0 bridgehead atoms. The minimum atomic E-state index is -3.36. The molecule has 1 fully saturated rings. The lowest BCUT2D eigenvalue weighted by Gasteiger charge is -2.26. The van der Waals surface area contributed by atoms with Crippen LogP contribution in [0.2, 0.25) is 0 Å². The summed E-state index contributed by atoms with van der Waals surface area (Å²) in [5.74, 6) is 1.77. The van der Waals surface area contributed by atoms with Gasteiger partial charge in [0, 0.05) is 31.1 Å². The van der Waals surface area contributed by atoms with Crippen molar-refractivity contribution >= 4 is 21.8 Å². The Morgan fingerprint density at radius 2 is 1.95 bits per heavy atom. The number of nitrogens with zero attached hydrogens (tertiary/aromatic N) is 1. The van der Waals surface area contributed by atoms with Gasteiger partial charge in [-0.2, -0.15) is 16.1 Å². The van der Waals surface area contributed by atoms with Gasteiger partial charge in [0.15, 0.2) is 0 Å². The second kappa shape index (κ2) is 7.63. The van der Waals surface area contributed by atoms with Crippen LogP contribution < -0.4 is 5.32 Å². The van der Waals surface area contributed by atoms with Gasteiger partial charge in [0.2, 0.25) is 10.0 Å². The summed E-state index contributed by atoms with van der Waals surface area (Å²) in [6, 6.07) is 5.82. The van der Waals surface area contributed by atoms with Crippen molar-refractivity contribution in [1.82, 2.24) is 9.62 Å². The van der Waals surface area contributed by atoms with E-state index >= 15 is 0 Å². The van der Waals surface area contributed by atoms with Gasteiger partial charge < -0.3 is 5.32 Å². The Balaban J connectivity index is 2.34. The summed E-state index contributed by atoms with van der Waals surface area (Å²) in [7, 11) is -3.36. The Morgan fingerprint density at radius 3 is 2.57 bits per heavy atom. The molecule has 1 aromatic rings. The van der Waals surface area contributed by atoms with Crippen LogP contribution in [-0.4, -0.2) is 43.9 Å². The zero-order chi connectivity index (χ0) is 15.3. The lowest BCUT2D eigenvalue weighted by molar-refractivity contribution is 0.443. The van der Waals surface area contributed by atoms with E-state index in [1.807, 2.05) is 43.8 Å². The van der Waals surface area contributed by atoms with E-state index in [4.69, 9.17) is 0 Å². The molecular formula is C15H24N2O2S2. The second-order valence-electron chi connectivity index (χ2n) is 5.09. The Labute approximate surface area is 132 Å². The van der Waals surface area contributed by atoms with E-state index in [0.717, 1.165) is 35.6 Å². The van der Waals surface area contributed by atoms with Crippen molar-refractivity contribution in [2.45, 2.75) is 31.7 Å². The van der Waals surface area contributed by atoms with Crippen LogP contribution in [0.15, 0.2) is 23.1 Å². The van der Waals surface area contributed by atoms with Crippen molar-refractivity contribution < 1.29 is 8.42 Å². The molecule has 1 saturated heterocycles. The van der Waals surface area contributed by atoms with Gasteiger partial charge in [-0.3, -0.25) is 0 Å². The highest BCUT2D eigenvalue weighted by atomic mass is 32.2. The SMILES string of the molecule is CCNCc1ccc(CC)c(S(=O)(=O)N2CCSCC2)c1. The molecule has 0 radical (unpaired) electrons. The third-order valence-electron chi connectivity index (χ3n) is 3.68. The normalized spacial score (nSPS) is 17.0. The maximum absolute atomic E-state index is 12.9. The monoisotopic (exact) mass is 328 g/mol. The number of hydrogen-bond donors (Lipinski definition) is 1. The number of nitrogens with one attached hydrogen (secondary N) is 1. The summed E-state index contributed by atoms with van der Waals surface area (Å²) in [5, 5.41) is 3.25. The van der Waals surface area contributed by atoms with Crippen molar-refractivity contribution in [3.63, 3.8) is 0 Å². The van der Waals surface area contributed by atoms with Crippen molar-refractivity contribution in [3.05, 3.63) is 29.3 Å². The standard InChI is InChI=1S/C15H24N2O2S2/c1-3-14-6-5-13(12-16-4-2)11-15(14)21(18,19)17-7-9-20-10-8-17/h5-6,11,16H,3-4,7-10,12H2,1-2H3. The minimum Gasteiger partial charge on any atom is -0.313 e. The molecule has 1 heterocycles. The third-order valence-corrected chi connectivity index (χ3v) is 6.60. The van der Waals surface area contributed by atoms with Crippen molar-refractivity contribution in [1.29, 1.82) is 0 Å². The molecule has 0 amide bonds. The quantitative estimate of drug-likeness (QED) is 0.869. The van der Waals surface area contributed by atoms with Crippen LogP contribution in [-0.2, 0) is 23.0 Å². The number of thioether (sulfide) groups is 1. The molecule has 21 heavy (non-hydrogen) atoms. The van der Waals surface area contributed by atoms with E-state index in [1.165, 1.54) is 0 Å². The van der Waals surface area contributed by atoms with E-state index in [9.17, 15) is 8.42 Å². The van der Waals surface area contributed by atoms with Crippen LogP contribution in [0.4, 0.5) is 0 Å². The van der Waals surface area contributed by atoms with Crippen LogP contribution >= 0.6 is 11.8 Å². The van der Waals surface area contributed by atoms with E-state index in [0.29, 0.717) is 24.5 Å². The fraction of sp³-hybridized carbons (Fsp3) is 0.600. The fourth-order valence-corrected chi connectivity index (χ4v) is 5.36. The lowest BCUT2D eigenvalue weighted by atomic mass is 10.1. The van der Waals surface area contributed by atoms with E-state index in [-0.39, 0.29) is 0 Å².